The maximum atomic E-state index is 5.48. The van der Waals surface area contributed by atoms with Gasteiger partial charge in [0.2, 0.25) is 0 Å². The molecule has 2 aliphatic heterocycles. The van der Waals surface area contributed by atoms with E-state index in [1.54, 1.807) is 0 Å². The number of nitrogens with one attached hydrogen (secondary N) is 2. The van der Waals surface area contributed by atoms with Crippen LogP contribution >= 0.6 is 0 Å². The van der Waals surface area contributed by atoms with E-state index in [1.165, 1.54) is 27.7 Å². The Kier molecular flexibility index (Phi) is 3.64. The van der Waals surface area contributed by atoms with Crippen molar-refractivity contribution in [3.8, 4) is 0 Å². The molecule has 2 N–H and O–H groups in total. The number of fused-ring (bicyclic) bond motifs is 3. The SMILES string of the molecule is C[C@H]1Cc2c([nH]c3ccccc23)[C@H](c2cnn(C3CCOCC3)c2)N1. The van der Waals surface area contributed by atoms with Crippen LogP contribution in [0.5, 0.6) is 0 Å². The Hall–Kier alpha value is -2.11. The fourth-order valence-electron chi connectivity index (χ4n) is 4.33. The highest BCUT2D eigenvalue weighted by Crippen LogP contribution is 2.35. The molecule has 1 saturated heterocycles. The molecule has 4 heterocycles. The summed E-state index contributed by atoms with van der Waals surface area (Å²) >= 11 is 0. The van der Waals surface area contributed by atoms with Crippen molar-refractivity contribution in [3.63, 3.8) is 0 Å². The number of ether oxygens (including phenoxy) is 1. The van der Waals surface area contributed by atoms with E-state index in [0.717, 1.165) is 32.5 Å². The van der Waals surface area contributed by atoms with Crippen LogP contribution in [0, 0.1) is 0 Å². The molecule has 0 amide bonds. The van der Waals surface area contributed by atoms with Crippen LogP contribution in [0.15, 0.2) is 36.7 Å². The molecule has 5 rings (SSSR count). The third kappa shape index (κ3) is 2.58. The number of H-pyrrole nitrogens is 1. The first-order chi connectivity index (χ1) is 12.3. The number of hydrogen-bond acceptors (Lipinski definition) is 3. The quantitative estimate of drug-likeness (QED) is 0.755. The zero-order valence-electron chi connectivity index (χ0n) is 14.5. The van der Waals surface area contributed by atoms with E-state index in [0.29, 0.717) is 12.1 Å². The lowest BCUT2D eigenvalue weighted by atomic mass is 9.92. The summed E-state index contributed by atoms with van der Waals surface area (Å²) in [6.07, 6.45) is 7.41. The molecule has 2 aliphatic rings. The fraction of sp³-hybridized carbons (Fsp3) is 0.450. The first kappa shape index (κ1) is 15.2. The number of aromatic amines is 1. The van der Waals surface area contributed by atoms with Gasteiger partial charge in [-0.05, 0) is 37.8 Å². The molecule has 25 heavy (non-hydrogen) atoms. The summed E-state index contributed by atoms with van der Waals surface area (Å²) in [7, 11) is 0. The lowest BCUT2D eigenvalue weighted by molar-refractivity contribution is 0.0662. The first-order valence-electron chi connectivity index (χ1n) is 9.27. The van der Waals surface area contributed by atoms with Gasteiger partial charge in [-0.3, -0.25) is 4.68 Å². The number of hydrogen-bond donors (Lipinski definition) is 2. The second-order valence-corrected chi connectivity index (χ2v) is 7.36. The van der Waals surface area contributed by atoms with Gasteiger partial charge in [0.1, 0.15) is 0 Å². The summed E-state index contributed by atoms with van der Waals surface area (Å²) < 4.78 is 7.62. The average Bonchev–Trinajstić information content (AvgIpc) is 3.27. The molecular weight excluding hydrogens is 312 g/mol. The van der Waals surface area contributed by atoms with Crippen LogP contribution in [0.25, 0.3) is 10.9 Å². The second-order valence-electron chi connectivity index (χ2n) is 7.36. The van der Waals surface area contributed by atoms with Gasteiger partial charge in [0.15, 0.2) is 0 Å². The molecule has 5 nitrogen and oxygen atoms in total. The van der Waals surface area contributed by atoms with Gasteiger partial charge < -0.3 is 15.0 Å². The minimum Gasteiger partial charge on any atom is -0.381 e. The smallest absolute Gasteiger partial charge is 0.0765 e. The van der Waals surface area contributed by atoms with Crippen LogP contribution in [0.3, 0.4) is 0 Å². The van der Waals surface area contributed by atoms with Crippen molar-refractivity contribution in [2.45, 2.75) is 44.3 Å². The first-order valence-corrected chi connectivity index (χ1v) is 9.27. The van der Waals surface area contributed by atoms with Crippen molar-refractivity contribution in [1.82, 2.24) is 20.1 Å². The standard InChI is InChI=1S/C20H24N4O/c1-13-10-17-16-4-2-3-5-18(16)23-20(17)19(22-13)14-11-21-24(12-14)15-6-8-25-9-7-15/h2-5,11-13,15,19,22-23H,6-10H2,1H3/t13-,19-/m0/s1. The summed E-state index contributed by atoms with van der Waals surface area (Å²) in [4.78, 5) is 3.65. The van der Waals surface area contributed by atoms with E-state index in [-0.39, 0.29) is 6.04 Å². The summed E-state index contributed by atoms with van der Waals surface area (Å²) in [6.45, 7) is 3.94. The van der Waals surface area contributed by atoms with E-state index in [4.69, 9.17) is 4.74 Å². The highest BCUT2D eigenvalue weighted by molar-refractivity contribution is 5.85. The molecular formula is C20H24N4O. The van der Waals surface area contributed by atoms with Crippen LogP contribution in [-0.2, 0) is 11.2 Å². The third-order valence-corrected chi connectivity index (χ3v) is 5.62. The van der Waals surface area contributed by atoms with Gasteiger partial charge in [0, 0.05) is 47.6 Å². The molecule has 130 valence electrons. The van der Waals surface area contributed by atoms with Crippen molar-refractivity contribution < 1.29 is 4.74 Å². The van der Waals surface area contributed by atoms with Gasteiger partial charge >= 0.3 is 0 Å². The van der Waals surface area contributed by atoms with E-state index < -0.39 is 0 Å². The molecule has 0 spiro atoms. The Balaban J connectivity index is 1.53. The predicted molar refractivity (Wildman–Crippen MR) is 97.8 cm³/mol. The molecule has 2 atom stereocenters. The second kappa shape index (κ2) is 6.00. The van der Waals surface area contributed by atoms with Gasteiger partial charge in [-0.1, -0.05) is 18.2 Å². The Labute approximate surface area is 147 Å². The van der Waals surface area contributed by atoms with Crippen LogP contribution in [-0.4, -0.2) is 34.0 Å². The molecule has 0 aliphatic carbocycles. The van der Waals surface area contributed by atoms with E-state index in [9.17, 15) is 0 Å². The topological polar surface area (TPSA) is 54.9 Å². The van der Waals surface area contributed by atoms with Crippen LogP contribution in [0.2, 0.25) is 0 Å². The van der Waals surface area contributed by atoms with Gasteiger partial charge in [-0.2, -0.15) is 5.10 Å². The number of aromatic nitrogens is 3. The summed E-state index contributed by atoms with van der Waals surface area (Å²) in [5.74, 6) is 0. The lowest BCUT2D eigenvalue weighted by Crippen LogP contribution is -2.37. The Morgan fingerprint density at radius 2 is 2.04 bits per heavy atom. The number of rotatable bonds is 2. The van der Waals surface area contributed by atoms with Crippen LogP contribution < -0.4 is 5.32 Å². The van der Waals surface area contributed by atoms with Crippen LogP contribution in [0.4, 0.5) is 0 Å². The summed E-state index contributed by atoms with van der Waals surface area (Å²) in [6, 6.07) is 9.71. The minimum atomic E-state index is 0.180. The van der Waals surface area contributed by atoms with E-state index in [2.05, 4.69) is 57.5 Å². The van der Waals surface area contributed by atoms with Gasteiger partial charge in [0.05, 0.1) is 18.3 Å². The molecule has 1 aromatic carbocycles. The van der Waals surface area contributed by atoms with Crippen molar-refractivity contribution >= 4 is 10.9 Å². The van der Waals surface area contributed by atoms with Gasteiger partial charge in [-0.25, -0.2) is 0 Å². The Morgan fingerprint density at radius 3 is 2.92 bits per heavy atom. The Bertz CT molecular complexity index is 890. The molecule has 0 radical (unpaired) electrons. The zero-order chi connectivity index (χ0) is 16.8. The minimum absolute atomic E-state index is 0.180. The highest BCUT2D eigenvalue weighted by atomic mass is 16.5. The van der Waals surface area contributed by atoms with Crippen molar-refractivity contribution in [2.75, 3.05) is 13.2 Å². The molecule has 2 aromatic heterocycles. The normalized spacial score (nSPS) is 24.5. The van der Waals surface area contributed by atoms with Crippen molar-refractivity contribution in [2.24, 2.45) is 0 Å². The van der Waals surface area contributed by atoms with Crippen LogP contribution in [0.1, 0.15) is 48.7 Å². The van der Waals surface area contributed by atoms with Crippen molar-refractivity contribution in [3.05, 3.63) is 53.5 Å². The lowest BCUT2D eigenvalue weighted by Gasteiger charge is -2.29. The summed E-state index contributed by atoms with van der Waals surface area (Å²) in [5.41, 5.74) is 5.22. The number of para-hydroxylation sites is 1. The molecule has 0 unspecified atom stereocenters. The highest BCUT2D eigenvalue weighted by Gasteiger charge is 2.30. The monoisotopic (exact) mass is 336 g/mol. The molecule has 1 fully saturated rings. The largest absolute Gasteiger partial charge is 0.381 e. The maximum absolute atomic E-state index is 5.48. The van der Waals surface area contributed by atoms with Crippen molar-refractivity contribution in [1.29, 1.82) is 0 Å². The maximum Gasteiger partial charge on any atom is 0.0765 e. The molecule has 5 heteroatoms. The Morgan fingerprint density at radius 1 is 1.20 bits per heavy atom. The number of nitrogens with zero attached hydrogens (tertiary/aromatic N) is 2. The predicted octanol–water partition coefficient (Wildman–Crippen LogP) is 3.34. The zero-order valence-corrected chi connectivity index (χ0v) is 14.5. The fourth-order valence-corrected chi connectivity index (χ4v) is 4.33. The van der Waals surface area contributed by atoms with Gasteiger partial charge in [0.25, 0.3) is 0 Å². The molecule has 0 bridgehead atoms. The average molecular weight is 336 g/mol. The third-order valence-electron chi connectivity index (χ3n) is 5.62. The molecule has 3 aromatic rings. The van der Waals surface area contributed by atoms with E-state index in [1.807, 2.05) is 6.20 Å². The number of benzene rings is 1. The molecule has 0 saturated carbocycles. The van der Waals surface area contributed by atoms with Gasteiger partial charge in [-0.15, -0.1) is 0 Å². The van der Waals surface area contributed by atoms with E-state index >= 15 is 0 Å². The summed E-state index contributed by atoms with van der Waals surface area (Å²) in [5, 5.41) is 9.79.